The number of anilines is 1. The van der Waals surface area contributed by atoms with Gasteiger partial charge in [0, 0.05) is 16.9 Å². The average molecular weight is 306 g/mol. The summed E-state index contributed by atoms with van der Waals surface area (Å²) in [5.41, 5.74) is 2.56. The second kappa shape index (κ2) is 4.71. The van der Waals surface area contributed by atoms with Gasteiger partial charge in [-0.25, -0.2) is 0 Å². The number of hydrogen-bond acceptors (Lipinski definition) is 4. The van der Waals surface area contributed by atoms with E-state index < -0.39 is 10.0 Å². The lowest BCUT2D eigenvalue weighted by atomic mass is 10.1. The van der Waals surface area contributed by atoms with E-state index in [0.29, 0.717) is 15.7 Å². The number of fused-ring (bicyclic) bond motifs is 1. The highest BCUT2D eigenvalue weighted by molar-refractivity contribution is 7.92. The van der Waals surface area contributed by atoms with Crippen LogP contribution in [0.3, 0.4) is 0 Å². The molecular weight excluding hydrogens is 292 g/mol. The fourth-order valence-corrected chi connectivity index (χ4v) is 4.57. The average Bonchev–Trinajstić information content (AvgIpc) is 2.84. The summed E-state index contributed by atoms with van der Waals surface area (Å²) in [4.78, 5) is 0. The minimum absolute atomic E-state index is 0.0291. The summed E-state index contributed by atoms with van der Waals surface area (Å²) in [6, 6.07) is 9.75. The molecule has 1 aliphatic heterocycles. The Morgan fingerprint density at radius 1 is 1.20 bits per heavy atom. The Kier molecular flexibility index (Phi) is 3.14. The van der Waals surface area contributed by atoms with Crippen molar-refractivity contribution in [3.05, 3.63) is 35.7 Å². The normalized spacial score (nSPS) is 16.4. The molecule has 6 heteroatoms. The maximum Gasteiger partial charge on any atom is 0.295 e. The third kappa shape index (κ3) is 2.14. The number of hydrogen-bond donors (Lipinski definition) is 1. The molecule has 20 heavy (non-hydrogen) atoms. The minimum atomic E-state index is -3.58. The quantitative estimate of drug-likeness (QED) is 0.922. The molecule has 3 rings (SSSR count). The van der Waals surface area contributed by atoms with E-state index in [-0.39, 0.29) is 5.92 Å². The summed E-state index contributed by atoms with van der Waals surface area (Å²) in [6.45, 7) is 3.84. The summed E-state index contributed by atoms with van der Waals surface area (Å²) >= 11 is 1.21. The predicted octanol–water partition coefficient (Wildman–Crippen LogP) is 3.58. The Balaban J connectivity index is 2.18. The monoisotopic (exact) mass is 306 g/mol. The van der Waals surface area contributed by atoms with E-state index in [1.807, 2.05) is 49.6 Å². The molecule has 0 bridgehead atoms. The van der Waals surface area contributed by atoms with Crippen LogP contribution in [0.15, 0.2) is 44.3 Å². The summed E-state index contributed by atoms with van der Waals surface area (Å²) in [5, 5.41) is 5.04. The highest BCUT2D eigenvalue weighted by Gasteiger charge is 2.30. The van der Waals surface area contributed by atoms with Crippen LogP contribution in [0.5, 0.6) is 0 Å². The molecule has 0 saturated carbocycles. The summed E-state index contributed by atoms with van der Waals surface area (Å²) in [5.74, 6) is 0.523. The minimum Gasteiger partial charge on any atom is -0.340 e. The number of nitrogens with one attached hydrogen (secondary N) is 1. The smallest absolute Gasteiger partial charge is 0.295 e. The van der Waals surface area contributed by atoms with Crippen LogP contribution in [0.4, 0.5) is 5.69 Å². The van der Waals surface area contributed by atoms with Gasteiger partial charge in [0.25, 0.3) is 10.0 Å². The molecule has 0 saturated heterocycles. The molecule has 0 unspecified atom stereocenters. The topological polar surface area (TPSA) is 58.5 Å². The first-order valence-electron chi connectivity index (χ1n) is 6.28. The van der Waals surface area contributed by atoms with Crippen LogP contribution in [0.1, 0.15) is 13.8 Å². The first-order chi connectivity index (χ1) is 9.49. The van der Waals surface area contributed by atoms with Crippen molar-refractivity contribution in [3.8, 4) is 11.1 Å². The highest BCUT2D eigenvalue weighted by Crippen LogP contribution is 2.42. The van der Waals surface area contributed by atoms with E-state index in [4.69, 9.17) is 0 Å². The van der Waals surface area contributed by atoms with Crippen LogP contribution in [0, 0.1) is 5.92 Å². The third-order valence-corrected chi connectivity index (χ3v) is 5.90. The van der Waals surface area contributed by atoms with Crippen LogP contribution in [-0.4, -0.2) is 14.3 Å². The third-order valence-electron chi connectivity index (χ3n) is 3.09. The van der Waals surface area contributed by atoms with Gasteiger partial charge < -0.3 is 5.32 Å². The van der Waals surface area contributed by atoms with E-state index in [2.05, 4.69) is 9.71 Å². The Hall–Kier alpha value is -1.66. The van der Waals surface area contributed by atoms with Crippen molar-refractivity contribution in [2.75, 3.05) is 5.32 Å². The fourth-order valence-electron chi connectivity index (χ4n) is 2.05. The lowest BCUT2D eigenvalue weighted by molar-refractivity contribution is 0.599. The largest absolute Gasteiger partial charge is 0.340 e. The molecule has 0 atom stereocenters. The zero-order chi connectivity index (χ0) is 14.3. The first-order valence-corrected chi connectivity index (χ1v) is 8.60. The second-order valence-electron chi connectivity index (χ2n) is 4.91. The van der Waals surface area contributed by atoms with Gasteiger partial charge in [0.1, 0.15) is 5.84 Å². The molecule has 0 radical (unpaired) electrons. The standard InChI is InChI=1S/C14H14N2O2S2/c1-9(2)13-15-12-11(10-6-4-3-5-7-10)8-19-14(12)20(17,18)16-13/h3-9H,1-2H3,(H,15,16). The Morgan fingerprint density at radius 3 is 2.55 bits per heavy atom. The van der Waals surface area contributed by atoms with E-state index in [9.17, 15) is 8.42 Å². The molecule has 4 nitrogen and oxygen atoms in total. The summed E-state index contributed by atoms with van der Waals surface area (Å²) < 4.78 is 28.6. The summed E-state index contributed by atoms with van der Waals surface area (Å²) in [6.07, 6.45) is 0. The molecule has 2 aromatic rings. The molecule has 0 aliphatic carbocycles. The van der Waals surface area contributed by atoms with E-state index >= 15 is 0 Å². The van der Waals surface area contributed by atoms with Gasteiger partial charge in [0.2, 0.25) is 0 Å². The van der Waals surface area contributed by atoms with Gasteiger partial charge in [0.05, 0.1) is 5.69 Å². The zero-order valence-electron chi connectivity index (χ0n) is 11.1. The van der Waals surface area contributed by atoms with Crippen molar-refractivity contribution in [1.82, 2.24) is 0 Å². The van der Waals surface area contributed by atoms with Crippen LogP contribution in [0.2, 0.25) is 0 Å². The molecule has 0 amide bonds. The molecule has 2 heterocycles. The lowest BCUT2D eigenvalue weighted by Crippen LogP contribution is -2.25. The first kappa shape index (κ1) is 13.3. The Bertz CT molecular complexity index is 775. The molecule has 1 aromatic heterocycles. The van der Waals surface area contributed by atoms with E-state index in [1.165, 1.54) is 11.3 Å². The lowest BCUT2D eigenvalue weighted by Gasteiger charge is -2.19. The number of sulfonamides is 1. The predicted molar refractivity (Wildman–Crippen MR) is 82.8 cm³/mol. The Labute approximate surface area is 122 Å². The van der Waals surface area contributed by atoms with E-state index in [1.54, 1.807) is 0 Å². The number of nitrogens with zero attached hydrogens (tertiary/aromatic N) is 1. The molecule has 1 aliphatic rings. The van der Waals surface area contributed by atoms with E-state index in [0.717, 1.165) is 11.1 Å². The Morgan fingerprint density at radius 2 is 1.90 bits per heavy atom. The van der Waals surface area contributed by atoms with Gasteiger partial charge in [-0.05, 0) is 5.56 Å². The van der Waals surface area contributed by atoms with Crippen molar-refractivity contribution >= 4 is 32.9 Å². The number of benzene rings is 1. The van der Waals surface area contributed by atoms with Crippen LogP contribution in [0.25, 0.3) is 11.1 Å². The molecule has 1 N–H and O–H groups in total. The highest BCUT2D eigenvalue weighted by atomic mass is 32.2. The molecule has 104 valence electrons. The molecule has 0 fully saturated rings. The van der Waals surface area contributed by atoms with Crippen LogP contribution >= 0.6 is 11.3 Å². The zero-order valence-corrected chi connectivity index (χ0v) is 12.8. The SMILES string of the molecule is CC(C)C1=NS(=O)(=O)c2scc(-c3ccccc3)c2N1. The maximum atomic E-state index is 12.2. The van der Waals surface area contributed by atoms with Crippen molar-refractivity contribution in [2.24, 2.45) is 10.3 Å². The van der Waals surface area contributed by atoms with Crippen LogP contribution < -0.4 is 5.32 Å². The number of thiophene rings is 1. The van der Waals surface area contributed by atoms with Crippen molar-refractivity contribution in [2.45, 2.75) is 18.1 Å². The second-order valence-corrected chi connectivity index (χ2v) is 7.59. The molecule has 0 spiro atoms. The van der Waals surface area contributed by atoms with Crippen molar-refractivity contribution in [1.29, 1.82) is 0 Å². The van der Waals surface area contributed by atoms with Gasteiger partial charge in [-0.1, -0.05) is 44.2 Å². The number of rotatable bonds is 2. The van der Waals surface area contributed by atoms with Gasteiger partial charge in [-0.2, -0.15) is 8.42 Å². The molecule has 1 aromatic carbocycles. The molecular formula is C14H14N2O2S2. The summed E-state index contributed by atoms with van der Waals surface area (Å²) in [7, 11) is -3.58. The fraction of sp³-hybridized carbons (Fsp3) is 0.214. The van der Waals surface area contributed by atoms with Gasteiger partial charge in [-0.3, -0.25) is 0 Å². The maximum absolute atomic E-state index is 12.2. The van der Waals surface area contributed by atoms with Gasteiger partial charge in [0.15, 0.2) is 4.21 Å². The van der Waals surface area contributed by atoms with Crippen LogP contribution in [-0.2, 0) is 10.0 Å². The number of amidine groups is 1. The van der Waals surface area contributed by atoms with Crippen molar-refractivity contribution < 1.29 is 8.42 Å². The van der Waals surface area contributed by atoms with Gasteiger partial charge >= 0.3 is 0 Å². The van der Waals surface area contributed by atoms with Crippen molar-refractivity contribution in [3.63, 3.8) is 0 Å². The van der Waals surface area contributed by atoms with Gasteiger partial charge in [-0.15, -0.1) is 15.7 Å².